The van der Waals surface area contributed by atoms with Gasteiger partial charge in [0.25, 0.3) is 0 Å². The van der Waals surface area contributed by atoms with E-state index in [-0.39, 0.29) is 10.8 Å². The Bertz CT molecular complexity index is 583. The van der Waals surface area contributed by atoms with E-state index in [1.54, 1.807) is 44.1 Å². The summed E-state index contributed by atoms with van der Waals surface area (Å²) < 4.78 is 0. The number of hydrogen-bond acceptors (Lipinski definition) is 0. The lowest BCUT2D eigenvalue weighted by atomic mass is 9.60. The second-order valence-electron chi connectivity index (χ2n) is 6.88. The highest BCUT2D eigenvalue weighted by atomic mass is 31.1. The molecule has 3 rings (SSSR count). The minimum atomic E-state index is 0.234. The quantitative estimate of drug-likeness (QED) is 0.479. The van der Waals surface area contributed by atoms with Crippen molar-refractivity contribution in [3.8, 4) is 0 Å². The maximum absolute atomic E-state index is 2.49. The van der Waals surface area contributed by atoms with E-state index >= 15 is 0 Å². The second kappa shape index (κ2) is 3.53. The first kappa shape index (κ1) is 13.4. The van der Waals surface area contributed by atoms with Gasteiger partial charge in [-0.2, -0.15) is 0 Å². The molecule has 0 N–H and O–H groups in total. The van der Waals surface area contributed by atoms with Crippen molar-refractivity contribution in [2.75, 3.05) is 0 Å². The zero-order valence-electron chi connectivity index (χ0n) is 13.5. The van der Waals surface area contributed by atoms with E-state index in [1.165, 1.54) is 0 Å². The van der Waals surface area contributed by atoms with Gasteiger partial charge in [-0.25, -0.2) is 0 Å². The number of rotatable bonds is 0. The molecule has 19 heavy (non-hydrogen) atoms. The molecular weight excluding hydrogens is 247 g/mol. The highest BCUT2D eigenvalue weighted by molar-refractivity contribution is 7.49. The maximum Gasteiger partial charge on any atom is 0.0276 e. The number of hydrogen-bond donors (Lipinski definition) is 0. The van der Waals surface area contributed by atoms with Crippen LogP contribution in [-0.2, 0) is 0 Å². The van der Waals surface area contributed by atoms with Gasteiger partial charge < -0.3 is 0 Å². The van der Waals surface area contributed by atoms with Gasteiger partial charge in [-0.3, -0.25) is 0 Å². The molecule has 3 aliphatic rings. The summed E-state index contributed by atoms with van der Waals surface area (Å²) in [7, 11) is 0.899. The summed E-state index contributed by atoms with van der Waals surface area (Å²) in [6, 6.07) is 0. The molecule has 0 aromatic carbocycles. The van der Waals surface area contributed by atoms with Crippen molar-refractivity contribution in [3.63, 3.8) is 0 Å². The summed E-state index contributed by atoms with van der Waals surface area (Å²) in [6.45, 7) is 19.0. The molecule has 0 amide bonds. The van der Waals surface area contributed by atoms with Crippen molar-refractivity contribution in [3.05, 3.63) is 44.1 Å². The standard InChI is InChI=1S/C18H25P/c1-9-11(3)15-17(7,13(9)5)18(8)14(6)10(2)12(4)16(18)19-15/h19H,1-8H3/t17-,18-/m1/s1. The molecule has 0 spiro atoms. The van der Waals surface area contributed by atoms with Gasteiger partial charge in [0.05, 0.1) is 0 Å². The lowest BCUT2D eigenvalue weighted by Crippen LogP contribution is -2.34. The third-order valence-corrected chi connectivity index (χ3v) is 9.00. The van der Waals surface area contributed by atoms with E-state index in [4.69, 9.17) is 0 Å². The van der Waals surface area contributed by atoms with Crippen molar-refractivity contribution in [1.82, 2.24) is 0 Å². The van der Waals surface area contributed by atoms with Crippen molar-refractivity contribution >= 4 is 8.58 Å². The van der Waals surface area contributed by atoms with Crippen molar-refractivity contribution in [1.29, 1.82) is 0 Å². The predicted octanol–water partition coefficient (Wildman–Crippen LogP) is 5.94. The summed E-state index contributed by atoms with van der Waals surface area (Å²) in [6.07, 6.45) is 0. The smallest absolute Gasteiger partial charge is 0.0276 e. The third-order valence-electron chi connectivity index (χ3n) is 6.75. The monoisotopic (exact) mass is 272 g/mol. The minimum Gasteiger partial charge on any atom is -0.0654 e. The number of allylic oxidation sites excluding steroid dienone is 8. The van der Waals surface area contributed by atoms with Crippen LogP contribution >= 0.6 is 8.58 Å². The molecule has 0 radical (unpaired) electrons. The molecule has 0 saturated carbocycles. The Labute approximate surface area is 119 Å². The lowest BCUT2D eigenvalue weighted by Gasteiger charge is -2.41. The fraction of sp³-hybridized carbons (Fsp3) is 0.556. The molecule has 0 aromatic heterocycles. The molecule has 1 aliphatic heterocycles. The van der Waals surface area contributed by atoms with E-state index in [2.05, 4.69) is 55.4 Å². The molecule has 2 atom stereocenters. The number of fused-ring (bicyclic) bond motifs is 3. The molecule has 0 bridgehead atoms. The topological polar surface area (TPSA) is 0 Å². The highest BCUT2D eigenvalue weighted by Crippen LogP contribution is 2.78. The molecular formula is C18H25P. The van der Waals surface area contributed by atoms with Crippen molar-refractivity contribution in [2.45, 2.75) is 55.4 Å². The van der Waals surface area contributed by atoms with Crippen molar-refractivity contribution in [2.24, 2.45) is 10.8 Å². The van der Waals surface area contributed by atoms with Gasteiger partial charge in [-0.05, 0) is 74.5 Å². The molecule has 1 heteroatoms. The van der Waals surface area contributed by atoms with Gasteiger partial charge in [0.1, 0.15) is 0 Å². The van der Waals surface area contributed by atoms with Crippen LogP contribution in [0.25, 0.3) is 0 Å². The molecule has 0 nitrogen and oxygen atoms in total. The Kier molecular flexibility index (Phi) is 2.48. The van der Waals surface area contributed by atoms with Gasteiger partial charge in [-0.1, -0.05) is 33.6 Å². The predicted molar refractivity (Wildman–Crippen MR) is 86.7 cm³/mol. The van der Waals surface area contributed by atoms with Gasteiger partial charge in [0.15, 0.2) is 0 Å². The fourth-order valence-corrected chi connectivity index (χ4v) is 7.00. The van der Waals surface area contributed by atoms with Crippen LogP contribution in [0.2, 0.25) is 0 Å². The zero-order chi connectivity index (χ0) is 14.3. The van der Waals surface area contributed by atoms with Crippen LogP contribution in [0, 0.1) is 10.8 Å². The highest BCUT2D eigenvalue weighted by Gasteiger charge is 2.61. The van der Waals surface area contributed by atoms with E-state index < -0.39 is 0 Å². The summed E-state index contributed by atoms with van der Waals surface area (Å²) in [5, 5.41) is 3.43. The second-order valence-corrected chi connectivity index (χ2v) is 8.12. The van der Waals surface area contributed by atoms with Crippen LogP contribution in [0.5, 0.6) is 0 Å². The zero-order valence-corrected chi connectivity index (χ0v) is 14.5. The molecule has 1 heterocycles. The molecule has 102 valence electrons. The van der Waals surface area contributed by atoms with Crippen molar-refractivity contribution < 1.29 is 0 Å². The third kappa shape index (κ3) is 1.13. The first-order valence-corrected chi connectivity index (χ1v) is 8.25. The van der Waals surface area contributed by atoms with E-state index in [0.717, 1.165) is 8.58 Å². The average molecular weight is 272 g/mol. The van der Waals surface area contributed by atoms with E-state index in [1.807, 2.05) is 0 Å². The van der Waals surface area contributed by atoms with Gasteiger partial charge in [-0.15, -0.1) is 0 Å². The molecule has 0 aromatic rings. The Hall–Kier alpha value is -0.610. The summed E-state index contributed by atoms with van der Waals surface area (Å²) in [5.41, 5.74) is 9.90. The fourth-order valence-electron chi connectivity index (χ4n) is 4.62. The van der Waals surface area contributed by atoms with Gasteiger partial charge in [0, 0.05) is 10.8 Å². The van der Waals surface area contributed by atoms with Crippen LogP contribution in [0.1, 0.15) is 55.4 Å². The Morgan fingerprint density at radius 3 is 1.21 bits per heavy atom. The molecule has 1 fully saturated rings. The summed E-state index contributed by atoms with van der Waals surface area (Å²) in [4.78, 5) is 0. The van der Waals surface area contributed by atoms with Gasteiger partial charge in [0.2, 0.25) is 0 Å². The largest absolute Gasteiger partial charge is 0.0654 e. The Morgan fingerprint density at radius 2 is 0.895 bits per heavy atom. The Balaban J connectivity index is 2.38. The first-order chi connectivity index (χ1) is 8.69. The minimum absolute atomic E-state index is 0.234. The van der Waals surface area contributed by atoms with Crippen LogP contribution in [-0.4, -0.2) is 0 Å². The van der Waals surface area contributed by atoms with Crippen LogP contribution < -0.4 is 0 Å². The van der Waals surface area contributed by atoms with Gasteiger partial charge >= 0.3 is 0 Å². The molecule has 0 unspecified atom stereocenters. The molecule has 2 aliphatic carbocycles. The molecule has 1 saturated heterocycles. The van der Waals surface area contributed by atoms with E-state index in [9.17, 15) is 0 Å². The SMILES string of the molecule is CC1=C(C)[C@]2(C)C(=C1C)PC1=C(C)C(C)=C(C)[C@]12C. The normalized spacial score (nSPS) is 37.9. The first-order valence-electron chi connectivity index (χ1n) is 7.25. The summed E-state index contributed by atoms with van der Waals surface area (Å²) in [5.74, 6) is 0. The summed E-state index contributed by atoms with van der Waals surface area (Å²) >= 11 is 0. The lowest BCUT2D eigenvalue weighted by molar-refractivity contribution is 0.284. The van der Waals surface area contributed by atoms with Crippen LogP contribution in [0.15, 0.2) is 44.1 Å². The Morgan fingerprint density at radius 1 is 0.579 bits per heavy atom. The average Bonchev–Trinajstić information content (AvgIpc) is 2.79. The van der Waals surface area contributed by atoms with Crippen LogP contribution in [0.3, 0.4) is 0 Å². The van der Waals surface area contributed by atoms with Crippen LogP contribution in [0.4, 0.5) is 0 Å². The maximum atomic E-state index is 2.49. The van der Waals surface area contributed by atoms with E-state index in [0.29, 0.717) is 0 Å².